The van der Waals surface area contributed by atoms with Gasteiger partial charge in [0.1, 0.15) is 23.0 Å². The summed E-state index contributed by atoms with van der Waals surface area (Å²) in [6.45, 7) is 0. The number of rotatable bonds is 5. The molecule has 0 bridgehead atoms. The van der Waals surface area contributed by atoms with Crippen LogP contribution in [0, 0.1) is 0 Å². The second-order valence-electron chi connectivity index (χ2n) is 4.94. The van der Waals surface area contributed by atoms with Gasteiger partial charge in [0.25, 0.3) is 0 Å². The average molecular weight is 350 g/mol. The number of thioether (sulfide) groups is 1. The Labute approximate surface area is 135 Å². The largest absolute Gasteiger partial charge is 0.497 e. The molecule has 0 aromatic heterocycles. The second kappa shape index (κ2) is 7.31. The highest BCUT2D eigenvalue weighted by Gasteiger charge is 2.44. The monoisotopic (exact) mass is 350 g/mol. The van der Waals surface area contributed by atoms with Crippen molar-refractivity contribution in [2.45, 2.75) is 29.9 Å². The van der Waals surface area contributed by atoms with Crippen LogP contribution in [0.15, 0.2) is 18.2 Å². The Morgan fingerprint density at radius 3 is 2.35 bits per heavy atom. The lowest BCUT2D eigenvalue weighted by atomic mass is 10.1. The van der Waals surface area contributed by atoms with Crippen LogP contribution in [0.4, 0.5) is 13.2 Å². The Morgan fingerprint density at radius 1 is 1.22 bits per heavy atom. The van der Waals surface area contributed by atoms with Crippen LogP contribution in [0.25, 0.3) is 0 Å². The van der Waals surface area contributed by atoms with Gasteiger partial charge in [0.2, 0.25) is 5.91 Å². The van der Waals surface area contributed by atoms with E-state index in [0.717, 1.165) is 17.3 Å². The lowest BCUT2D eigenvalue weighted by Gasteiger charge is -2.32. The Bertz CT molecular complexity index is 546. The Hall–Kier alpha value is -1.61. The summed E-state index contributed by atoms with van der Waals surface area (Å²) in [4.78, 5) is 11.4. The van der Waals surface area contributed by atoms with Gasteiger partial charge in [-0.25, -0.2) is 0 Å². The minimum atomic E-state index is -4.45. The van der Waals surface area contributed by atoms with Crippen LogP contribution >= 0.6 is 11.8 Å². The number of amides is 1. The third kappa shape index (κ3) is 4.93. The molecule has 0 spiro atoms. The molecule has 2 N–H and O–H groups in total. The third-order valence-electron chi connectivity index (χ3n) is 3.26. The topological polar surface area (TPSA) is 59.6 Å². The van der Waals surface area contributed by atoms with Crippen molar-refractivity contribution in [3.05, 3.63) is 23.8 Å². The van der Waals surface area contributed by atoms with Crippen molar-refractivity contribution in [3.63, 3.8) is 0 Å². The first kappa shape index (κ1) is 17.7. The van der Waals surface area contributed by atoms with Gasteiger partial charge in [0.05, 0.1) is 20.6 Å². The van der Waals surface area contributed by atoms with Gasteiger partial charge in [-0.3, -0.25) is 10.1 Å². The molecule has 1 fully saturated rings. The summed E-state index contributed by atoms with van der Waals surface area (Å²) in [5.41, 5.74) is 0.0106. The molecule has 1 aromatic rings. The lowest BCUT2D eigenvalue weighted by molar-refractivity contribution is -0.167. The molecule has 2 rings (SSSR count). The highest BCUT2D eigenvalue weighted by molar-refractivity contribution is 7.99. The molecule has 1 aliphatic heterocycles. The molecule has 23 heavy (non-hydrogen) atoms. The fourth-order valence-corrected chi connectivity index (χ4v) is 3.10. The van der Waals surface area contributed by atoms with Crippen molar-refractivity contribution in [3.8, 4) is 11.5 Å². The van der Waals surface area contributed by atoms with Gasteiger partial charge < -0.3 is 14.8 Å². The number of ether oxygens (including phenoxy) is 2. The van der Waals surface area contributed by atoms with Crippen LogP contribution in [-0.2, 0) is 10.5 Å². The number of hydrogen-bond acceptors (Lipinski definition) is 5. The molecule has 128 valence electrons. The molecule has 0 radical (unpaired) electrons. The van der Waals surface area contributed by atoms with Crippen LogP contribution < -0.4 is 20.1 Å². The van der Waals surface area contributed by atoms with E-state index < -0.39 is 30.0 Å². The molecule has 2 unspecified atom stereocenters. The molecule has 1 aliphatic rings. The molecule has 2 atom stereocenters. The zero-order valence-corrected chi connectivity index (χ0v) is 13.4. The number of alkyl halides is 3. The van der Waals surface area contributed by atoms with Gasteiger partial charge in [-0.1, -0.05) is 0 Å². The predicted molar refractivity (Wildman–Crippen MR) is 80.4 cm³/mol. The van der Waals surface area contributed by atoms with E-state index in [-0.39, 0.29) is 0 Å². The summed E-state index contributed by atoms with van der Waals surface area (Å²) < 4.78 is 48.6. The van der Waals surface area contributed by atoms with E-state index in [2.05, 4.69) is 10.6 Å². The predicted octanol–water partition coefficient (Wildman–Crippen LogP) is 2.26. The molecular weight excluding hydrogens is 333 g/mol. The lowest BCUT2D eigenvalue weighted by Crippen LogP contribution is -2.59. The second-order valence-corrected chi connectivity index (χ2v) is 6.04. The van der Waals surface area contributed by atoms with Crippen LogP contribution in [-0.4, -0.2) is 37.8 Å². The molecular formula is C14H17F3N2O3S. The first-order chi connectivity index (χ1) is 10.8. The standard InChI is InChI=1S/C14H17F3N2O3S/c1-21-9-3-8(4-10(5-9)22-2)7-23-13-18-11(14(15,16)17)6-12(20)19-13/h3-5,11,13,18H,6-7H2,1-2H3,(H,19,20). The SMILES string of the molecule is COc1cc(CSC2NC(=O)CC(C(F)(F)F)N2)cc(OC)c1. The molecule has 1 amide bonds. The number of methoxy groups -OCH3 is 2. The minimum Gasteiger partial charge on any atom is -0.497 e. The maximum atomic E-state index is 12.8. The van der Waals surface area contributed by atoms with Crippen LogP contribution in [0.1, 0.15) is 12.0 Å². The number of nitrogens with one attached hydrogen (secondary N) is 2. The van der Waals surface area contributed by atoms with Crippen LogP contribution in [0.2, 0.25) is 0 Å². The van der Waals surface area contributed by atoms with Crippen molar-refractivity contribution in [2.75, 3.05) is 14.2 Å². The van der Waals surface area contributed by atoms with Gasteiger partial charge in [-0.05, 0) is 17.7 Å². The van der Waals surface area contributed by atoms with E-state index in [9.17, 15) is 18.0 Å². The quantitative estimate of drug-likeness (QED) is 0.853. The Kier molecular flexibility index (Phi) is 5.64. The average Bonchev–Trinajstić information content (AvgIpc) is 2.51. The normalized spacial score (nSPS) is 21.7. The number of benzene rings is 1. The van der Waals surface area contributed by atoms with Crippen molar-refractivity contribution >= 4 is 17.7 Å². The van der Waals surface area contributed by atoms with Crippen LogP contribution in [0.3, 0.4) is 0 Å². The Balaban J connectivity index is 2.01. The molecule has 1 heterocycles. The Morgan fingerprint density at radius 2 is 1.83 bits per heavy atom. The molecule has 5 nitrogen and oxygen atoms in total. The molecule has 0 saturated carbocycles. The van der Waals surface area contributed by atoms with Crippen molar-refractivity contribution in [2.24, 2.45) is 0 Å². The zero-order valence-electron chi connectivity index (χ0n) is 12.6. The fraction of sp³-hybridized carbons (Fsp3) is 0.500. The van der Waals surface area contributed by atoms with E-state index in [1.165, 1.54) is 14.2 Å². The van der Waals surface area contributed by atoms with E-state index in [0.29, 0.717) is 17.3 Å². The maximum Gasteiger partial charge on any atom is 0.404 e. The summed E-state index contributed by atoms with van der Waals surface area (Å²) in [5.74, 6) is 0.949. The molecule has 0 aliphatic carbocycles. The van der Waals surface area contributed by atoms with Crippen LogP contribution in [0.5, 0.6) is 11.5 Å². The van der Waals surface area contributed by atoms with Crippen molar-refractivity contribution in [1.29, 1.82) is 0 Å². The summed E-state index contributed by atoms with van der Waals surface area (Å²) in [7, 11) is 3.03. The van der Waals surface area contributed by atoms with Gasteiger partial charge in [-0.15, -0.1) is 11.8 Å². The van der Waals surface area contributed by atoms with E-state index >= 15 is 0 Å². The van der Waals surface area contributed by atoms with E-state index in [1.807, 2.05) is 0 Å². The van der Waals surface area contributed by atoms with Crippen molar-refractivity contribution < 1.29 is 27.4 Å². The number of hydrogen-bond donors (Lipinski definition) is 2. The minimum absolute atomic E-state index is 0.385. The number of carbonyl (C=O) groups is 1. The number of halogens is 3. The fourth-order valence-electron chi connectivity index (χ4n) is 2.10. The van der Waals surface area contributed by atoms with E-state index in [1.54, 1.807) is 18.2 Å². The summed E-state index contributed by atoms with van der Waals surface area (Å²) in [5, 5.41) is 4.89. The van der Waals surface area contributed by atoms with E-state index in [4.69, 9.17) is 9.47 Å². The molecule has 9 heteroatoms. The summed E-state index contributed by atoms with van der Waals surface area (Å²) >= 11 is 1.16. The third-order valence-corrected chi connectivity index (χ3v) is 4.34. The molecule has 1 aromatic carbocycles. The van der Waals surface area contributed by atoms with Gasteiger partial charge in [0.15, 0.2) is 0 Å². The summed E-state index contributed by atoms with van der Waals surface area (Å²) in [6, 6.07) is 3.41. The van der Waals surface area contributed by atoms with Gasteiger partial charge in [-0.2, -0.15) is 13.2 Å². The van der Waals surface area contributed by atoms with Gasteiger partial charge >= 0.3 is 6.18 Å². The first-order valence-electron chi connectivity index (χ1n) is 6.77. The van der Waals surface area contributed by atoms with Crippen molar-refractivity contribution in [1.82, 2.24) is 10.6 Å². The highest BCUT2D eigenvalue weighted by Crippen LogP contribution is 2.29. The highest BCUT2D eigenvalue weighted by atomic mass is 32.2. The van der Waals surface area contributed by atoms with Gasteiger partial charge in [0, 0.05) is 11.8 Å². The zero-order chi connectivity index (χ0) is 17.0. The first-order valence-corrected chi connectivity index (χ1v) is 7.82. The molecule has 1 saturated heterocycles. The maximum absolute atomic E-state index is 12.8. The number of carbonyl (C=O) groups excluding carboxylic acids is 1. The summed E-state index contributed by atoms with van der Waals surface area (Å²) in [6.07, 6.45) is -5.05. The smallest absolute Gasteiger partial charge is 0.404 e.